The van der Waals surface area contributed by atoms with Crippen molar-refractivity contribution in [3.05, 3.63) is 72.1 Å². The Morgan fingerprint density at radius 3 is 2.49 bits per heavy atom. The quantitative estimate of drug-likeness (QED) is 0.466. The Morgan fingerprint density at radius 2 is 1.76 bits per heavy atom. The molecule has 3 aliphatic rings. The third kappa shape index (κ3) is 4.90. The Bertz CT molecular complexity index is 1220. The van der Waals surface area contributed by atoms with E-state index >= 15 is 0 Å². The first-order valence-corrected chi connectivity index (χ1v) is 13.6. The van der Waals surface area contributed by atoms with Crippen LogP contribution in [-0.4, -0.2) is 54.7 Å². The van der Waals surface area contributed by atoms with Gasteiger partial charge in [0.25, 0.3) is 0 Å². The summed E-state index contributed by atoms with van der Waals surface area (Å²) < 4.78 is 0. The standard InChI is InChI=1S/C30H38N6O/c1-22-17-24(9-10-26(22)35-19-30(20-35)14-11-25(12-15-30)34(2)3)33-28-18-29(32-21-31-28)36-27(13-16-37-36)23-7-5-4-6-8-23/h4-10,17-18,21,25,27H,11-16,19-20H2,1-3H3,(H,31,32,33)/t27-/m1/s1. The molecule has 6 rings (SSSR count). The van der Waals surface area contributed by atoms with Gasteiger partial charge in [0, 0.05) is 48.4 Å². The average molecular weight is 499 g/mol. The molecule has 1 atom stereocenters. The Hall–Kier alpha value is -3.16. The fraction of sp³-hybridized carbons (Fsp3) is 0.467. The molecule has 2 saturated heterocycles. The highest BCUT2D eigenvalue weighted by Crippen LogP contribution is 2.47. The highest BCUT2D eigenvalue weighted by molar-refractivity contribution is 5.66. The zero-order valence-corrected chi connectivity index (χ0v) is 22.2. The predicted octanol–water partition coefficient (Wildman–Crippen LogP) is 5.72. The van der Waals surface area contributed by atoms with Crippen LogP contribution in [0.4, 0.5) is 23.0 Å². The summed E-state index contributed by atoms with van der Waals surface area (Å²) in [5.74, 6) is 1.53. The van der Waals surface area contributed by atoms with E-state index in [2.05, 4.69) is 88.6 Å². The second-order valence-corrected chi connectivity index (χ2v) is 11.3. The molecule has 1 aliphatic carbocycles. The second kappa shape index (κ2) is 9.95. The number of hydroxylamine groups is 1. The number of rotatable bonds is 6. The highest BCUT2D eigenvalue weighted by Gasteiger charge is 2.45. The zero-order valence-electron chi connectivity index (χ0n) is 22.2. The molecule has 0 unspecified atom stereocenters. The normalized spacial score (nSPS) is 21.5. The lowest BCUT2D eigenvalue weighted by Gasteiger charge is -2.55. The van der Waals surface area contributed by atoms with E-state index in [0.717, 1.165) is 29.8 Å². The molecule has 1 saturated carbocycles. The maximum absolute atomic E-state index is 5.96. The molecule has 2 aromatic carbocycles. The number of hydrogen-bond donors (Lipinski definition) is 1. The van der Waals surface area contributed by atoms with Crippen molar-refractivity contribution in [1.29, 1.82) is 0 Å². The molecule has 1 N–H and O–H groups in total. The first-order valence-electron chi connectivity index (χ1n) is 13.6. The Morgan fingerprint density at radius 1 is 0.973 bits per heavy atom. The lowest BCUT2D eigenvalue weighted by Crippen LogP contribution is -2.59. The van der Waals surface area contributed by atoms with Gasteiger partial charge < -0.3 is 15.1 Å². The Labute approximate surface area is 220 Å². The van der Waals surface area contributed by atoms with Crippen LogP contribution in [0.25, 0.3) is 0 Å². The van der Waals surface area contributed by atoms with Gasteiger partial charge in [0.1, 0.15) is 12.1 Å². The Kier molecular flexibility index (Phi) is 6.51. The van der Waals surface area contributed by atoms with Crippen LogP contribution < -0.4 is 15.3 Å². The van der Waals surface area contributed by atoms with Gasteiger partial charge in [-0.15, -0.1) is 0 Å². The van der Waals surface area contributed by atoms with Crippen LogP contribution in [0.2, 0.25) is 0 Å². The van der Waals surface area contributed by atoms with E-state index in [9.17, 15) is 0 Å². The number of nitrogens with one attached hydrogen (secondary N) is 1. The second-order valence-electron chi connectivity index (χ2n) is 11.3. The van der Waals surface area contributed by atoms with Gasteiger partial charge in [0.2, 0.25) is 0 Å². The molecule has 3 fully saturated rings. The summed E-state index contributed by atoms with van der Waals surface area (Å²) in [6, 6.07) is 20.0. The van der Waals surface area contributed by atoms with E-state index in [0.29, 0.717) is 12.0 Å². The number of aromatic nitrogens is 2. The van der Waals surface area contributed by atoms with Gasteiger partial charge in [0.05, 0.1) is 12.6 Å². The first kappa shape index (κ1) is 24.2. The summed E-state index contributed by atoms with van der Waals surface area (Å²) in [6.07, 6.45) is 7.91. The molecular formula is C30H38N6O. The molecule has 1 aromatic heterocycles. The lowest BCUT2D eigenvalue weighted by molar-refractivity contribution is 0.0887. The SMILES string of the molecule is Cc1cc(Nc2cc(N3OCC[C@@H]3c3ccccc3)ncn2)ccc1N1CC2(CCC(N(C)C)CC2)C1. The van der Waals surface area contributed by atoms with Crippen LogP contribution in [0.15, 0.2) is 60.9 Å². The largest absolute Gasteiger partial charge is 0.370 e. The molecule has 0 radical (unpaired) electrons. The lowest BCUT2D eigenvalue weighted by atomic mass is 9.67. The minimum absolute atomic E-state index is 0.156. The van der Waals surface area contributed by atoms with Crippen molar-refractivity contribution in [3.63, 3.8) is 0 Å². The van der Waals surface area contributed by atoms with Crippen molar-refractivity contribution in [3.8, 4) is 0 Å². The summed E-state index contributed by atoms with van der Waals surface area (Å²) in [5, 5.41) is 5.40. The van der Waals surface area contributed by atoms with Gasteiger partial charge in [0.15, 0.2) is 5.82 Å². The molecule has 1 spiro atoms. The smallest absolute Gasteiger partial charge is 0.158 e. The molecule has 0 bridgehead atoms. The molecule has 3 heterocycles. The van der Waals surface area contributed by atoms with Crippen LogP contribution in [0.1, 0.15) is 49.3 Å². The van der Waals surface area contributed by atoms with Gasteiger partial charge in [-0.2, -0.15) is 0 Å². The molecule has 0 amide bonds. The number of aryl methyl sites for hydroxylation is 1. The number of nitrogens with zero attached hydrogens (tertiary/aromatic N) is 5. The average Bonchev–Trinajstić information content (AvgIpc) is 3.39. The van der Waals surface area contributed by atoms with Crippen LogP contribution in [0, 0.1) is 12.3 Å². The molecule has 2 aliphatic heterocycles. The van der Waals surface area contributed by atoms with Gasteiger partial charge >= 0.3 is 0 Å². The van der Waals surface area contributed by atoms with E-state index in [-0.39, 0.29) is 6.04 Å². The van der Waals surface area contributed by atoms with Crippen molar-refractivity contribution < 1.29 is 4.84 Å². The summed E-state index contributed by atoms with van der Waals surface area (Å²) >= 11 is 0. The fourth-order valence-corrected chi connectivity index (χ4v) is 6.43. The highest BCUT2D eigenvalue weighted by atomic mass is 16.7. The van der Waals surface area contributed by atoms with Crippen molar-refractivity contribution in [1.82, 2.24) is 14.9 Å². The van der Waals surface area contributed by atoms with E-state index in [1.807, 2.05) is 17.2 Å². The van der Waals surface area contributed by atoms with E-state index in [4.69, 9.17) is 4.84 Å². The third-order valence-electron chi connectivity index (χ3n) is 8.58. The topological polar surface area (TPSA) is 56.8 Å². The molecule has 37 heavy (non-hydrogen) atoms. The number of hydrogen-bond acceptors (Lipinski definition) is 7. The van der Waals surface area contributed by atoms with E-state index in [1.54, 1.807) is 6.33 Å². The minimum Gasteiger partial charge on any atom is -0.370 e. The molecular weight excluding hydrogens is 460 g/mol. The zero-order chi connectivity index (χ0) is 25.4. The molecule has 7 heteroatoms. The summed E-state index contributed by atoms with van der Waals surface area (Å²) in [6.45, 7) is 5.27. The van der Waals surface area contributed by atoms with Crippen LogP contribution in [-0.2, 0) is 4.84 Å². The van der Waals surface area contributed by atoms with Crippen molar-refractivity contribution in [2.24, 2.45) is 5.41 Å². The first-order chi connectivity index (χ1) is 18.0. The van der Waals surface area contributed by atoms with Crippen LogP contribution in [0.5, 0.6) is 0 Å². The van der Waals surface area contributed by atoms with Crippen LogP contribution in [0.3, 0.4) is 0 Å². The van der Waals surface area contributed by atoms with Crippen molar-refractivity contribution in [2.75, 3.05) is 49.1 Å². The van der Waals surface area contributed by atoms with E-state index in [1.165, 1.54) is 55.6 Å². The van der Waals surface area contributed by atoms with Gasteiger partial charge in [-0.3, -0.25) is 4.84 Å². The van der Waals surface area contributed by atoms with Gasteiger partial charge in [-0.1, -0.05) is 30.3 Å². The summed E-state index contributed by atoms with van der Waals surface area (Å²) in [5.41, 5.74) is 5.45. The number of anilines is 4. The molecule has 3 aromatic rings. The molecule has 194 valence electrons. The van der Waals surface area contributed by atoms with E-state index < -0.39 is 0 Å². The number of benzene rings is 2. The van der Waals surface area contributed by atoms with Crippen molar-refractivity contribution >= 4 is 23.0 Å². The molecule has 7 nitrogen and oxygen atoms in total. The fourth-order valence-electron chi connectivity index (χ4n) is 6.43. The third-order valence-corrected chi connectivity index (χ3v) is 8.58. The Balaban J connectivity index is 1.11. The van der Waals surface area contributed by atoms with Crippen molar-refractivity contribution in [2.45, 2.75) is 51.1 Å². The maximum Gasteiger partial charge on any atom is 0.158 e. The van der Waals surface area contributed by atoms with Crippen LogP contribution >= 0.6 is 0 Å². The summed E-state index contributed by atoms with van der Waals surface area (Å²) in [7, 11) is 4.44. The maximum atomic E-state index is 5.96. The minimum atomic E-state index is 0.156. The predicted molar refractivity (Wildman–Crippen MR) is 149 cm³/mol. The summed E-state index contributed by atoms with van der Waals surface area (Å²) in [4.78, 5) is 19.9. The van der Waals surface area contributed by atoms with Gasteiger partial charge in [-0.25, -0.2) is 15.0 Å². The van der Waals surface area contributed by atoms with Gasteiger partial charge in [-0.05, 0) is 76.0 Å². The monoisotopic (exact) mass is 498 g/mol.